The molecule has 0 atom stereocenters. The third-order valence-corrected chi connectivity index (χ3v) is 2.49. The first-order valence-corrected chi connectivity index (χ1v) is 6.58. The molecule has 84 valence electrons. The third-order valence-electron chi connectivity index (χ3n) is 1.88. The van der Waals surface area contributed by atoms with Gasteiger partial charge in [-0.15, -0.1) is 0 Å². The number of aliphatic hydroxyl groups is 1. The highest BCUT2D eigenvalue weighted by molar-refractivity contribution is 7.92. The highest BCUT2D eigenvalue weighted by Gasteiger charge is 2.01. The van der Waals surface area contributed by atoms with Gasteiger partial charge in [0, 0.05) is 12.3 Å². The van der Waals surface area contributed by atoms with E-state index in [1.54, 1.807) is 12.1 Å². The first-order chi connectivity index (χ1) is 7.01. The number of hydrogen-bond acceptors (Lipinski definition) is 3. The van der Waals surface area contributed by atoms with Gasteiger partial charge in [0.2, 0.25) is 10.0 Å². The quantitative estimate of drug-likeness (QED) is 0.791. The molecule has 0 saturated carbocycles. The van der Waals surface area contributed by atoms with Crippen LogP contribution in [0.15, 0.2) is 24.3 Å². The number of sulfonamides is 1. The fraction of sp³-hybridized carbons (Fsp3) is 0.400. The Hall–Kier alpha value is -1.07. The molecule has 0 saturated heterocycles. The first-order valence-electron chi connectivity index (χ1n) is 4.69. The molecular weight excluding hydrogens is 214 g/mol. The zero-order valence-corrected chi connectivity index (χ0v) is 9.42. The molecule has 15 heavy (non-hydrogen) atoms. The van der Waals surface area contributed by atoms with Crippen LogP contribution >= 0.6 is 0 Å². The summed E-state index contributed by atoms with van der Waals surface area (Å²) < 4.78 is 24.2. The standard InChI is InChI=1S/C10H15NO3S/c1-15(13,14)11-10-6-4-9(5-7-10)3-2-8-12/h4-7,11-12H,2-3,8H2,1H3. The summed E-state index contributed by atoms with van der Waals surface area (Å²) in [6.07, 6.45) is 2.64. The monoisotopic (exact) mass is 229 g/mol. The lowest BCUT2D eigenvalue weighted by atomic mass is 10.1. The van der Waals surface area contributed by atoms with E-state index >= 15 is 0 Å². The van der Waals surface area contributed by atoms with Gasteiger partial charge in [0.15, 0.2) is 0 Å². The molecule has 1 aromatic rings. The number of benzene rings is 1. The van der Waals surface area contributed by atoms with Crippen molar-refractivity contribution in [2.45, 2.75) is 12.8 Å². The summed E-state index contributed by atoms with van der Waals surface area (Å²) in [6, 6.07) is 7.13. The van der Waals surface area contributed by atoms with Crippen molar-refractivity contribution >= 4 is 15.7 Å². The molecule has 0 aliphatic carbocycles. The van der Waals surface area contributed by atoms with Crippen molar-refractivity contribution in [3.63, 3.8) is 0 Å². The number of nitrogens with one attached hydrogen (secondary N) is 1. The first kappa shape index (κ1) is 12.0. The zero-order valence-electron chi connectivity index (χ0n) is 8.60. The van der Waals surface area contributed by atoms with Crippen LogP contribution in [0.4, 0.5) is 5.69 Å². The molecule has 1 rings (SSSR count). The average Bonchev–Trinajstić information content (AvgIpc) is 2.14. The molecule has 1 aromatic carbocycles. The fourth-order valence-electron chi connectivity index (χ4n) is 1.24. The number of anilines is 1. The van der Waals surface area contributed by atoms with E-state index in [2.05, 4.69) is 4.72 Å². The molecule has 0 aliphatic rings. The smallest absolute Gasteiger partial charge is 0.229 e. The molecule has 0 aliphatic heterocycles. The van der Waals surface area contributed by atoms with Crippen molar-refractivity contribution < 1.29 is 13.5 Å². The molecular formula is C10H15NO3S. The van der Waals surface area contributed by atoms with E-state index in [9.17, 15) is 8.42 Å². The van der Waals surface area contributed by atoms with Crippen LogP contribution in [0.1, 0.15) is 12.0 Å². The molecule has 0 amide bonds. The van der Waals surface area contributed by atoms with E-state index in [-0.39, 0.29) is 6.61 Å². The van der Waals surface area contributed by atoms with Crippen LogP contribution in [0.5, 0.6) is 0 Å². The molecule has 0 radical (unpaired) electrons. The maximum absolute atomic E-state index is 10.9. The Labute approximate surface area is 90.0 Å². The molecule has 5 heteroatoms. The SMILES string of the molecule is CS(=O)(=O)Nc1ccc(CCCO)cc1. The van der Waals surface area contributed by atoms with Crippen molar-refractivity contribution in [3.05, 3.63) is 29.8 Å². The minimum atomic E-state index is -3.20. The Kier molecular flexibility index (Phi) is 4.11. The predicted octanol–water partition coefficient (Wildman–Crippen LogP) is 0.983. The van der Waals surface area contributed by atoms with E-state index in [1.807, 2.05) is 12.1 Å². The maximum atomic E-state index is 10.9. The number of aliphatic hydroxyl groups excluding tert-OH is 1. The molecule has 4 nitrogen and oxygen atoms in total. The average molecular weight is 229 g/mol. The molecule has 0 fully saturated rings. The summed E-state index contributed by atoms with van der Waals surface area (Å²) in [5.74, 6) is 0. The number of rotatable bonds is 5. The van der Waals surface area contributed by atoms with Gasteiger partial charge in [-0.1, -0.05) is 12.1 Å². The van der Waals surface area contributed by atoms with Crippen molar-refractivity contribution in [2.75, 3.05) is 17.6 Å². The van der Waals surface area contributed by atoms with Gasteiger partial charge in [-0.2, -0.15) is 0 Å². The maximum Gasteiger partial charge on any atom is 0.229 e. The van der Waals surface area contributed by atoms with E-state index in [0.29, 0.717) is 5.69 Å². The van der Waals surface area contributed by atoms with Crippen LogP contribution in [0.2, 0.25) is 0 Å². The van der Waals surface area contributed by atoms with Gasteiger partial charge in [0.1, 0.15) is 0 Å². The fourth-order valence-corrected chi connectivity index (χ4v) is 1.80. The Morgan fingerprint density at radius 2 is 1.87 bits per heavy atom. The Bertz CT molecular complexity index is 397. The van der Waals surface area contributed by atoms with Gasteiger partial charge in [0.25, 0.3) is 0 Å². The summed E-state index contributed by atoms with van der Waals surface area (Å²) in [7, 11) is -3.20. The Balaban J connectivity index is 2.64. The lowest BCUT2D eigenvalue weighted by Crippen LogP contribution is -2.09. The summed E-state index contributed by atoms with van der Waals surface area (Å²) in [4.78, 5) is 0. The molecule has 2 N–H and O–H groups in total. The van der Waals surface area contributed by atoms with E-state index in [4.69, 9.17) is 5.11 Å². The van der Waals surface area contributed by atoms with Crippen molar-refractivity contribution in [2.24, 2.45) is 0 Å². The van der Waals surface area contributed by atoms with Crippen LogP contribution in [0.25, 0.3) is 0 Å². The van der Waals surface area contributed by atoms with E-state index < -0.39 is 10.0 Å². The van der Waals surface area contributed by atoms with Crippen molar-refractivity contribution in [3.8, 4) is 0 Å². The second-order valence-electron chi connectivity index (χ2n) is 3.40. The third kappa shape index (κ3) is 4.80. The largest absolute Gasteiger partial charge is 0.396 e. The highest BCUT2D eigenvalue weighted by Crippen LogP contribution is 2.11. The van der Waals surface area contributed by atoms with E-state index in [0.717, 1.165) is 24.7 Å². The van der Waals surface area contributed by atoms with Gasteiger partial charge < -0.3 is 5.11 Å². The van der Waals surface area contributed by atoms with Crippen LogP contribution in [0.3, 0.4) is 0 Å². The highest BCUT2D eigenvalue weighted by atomic mass is 32.2. The van der Waals surface area contributed by atoms with Crippen molar-refractivity contribution in [1.82, 2.24) is 0 Å². The van der Waals surface area contributed by atoms with Gasteiger partial charge in [-0.25, -0.2) is 8.42 Å². The van der Waals surface area contributed by atoms with Gasteiger partial charge in [-0.05, 0) is 30.5 Å². The normalized spacial score (nSPS) is 11.3. The van der Waals surface area contributed by atoms with Gasteiger partial charge in [-0.3, -0.25) is 4.72 Å². The van der Waals surface area contributed by atoms with Gasteiger partial charge >= 0.3 is 0 Å². The van der Waals surface area contributed by atoms with Crippen LogP contribution in [-0.4, -0.2) is 26.4 Å². The molecule has 0 spiro atoms. The number of aryl methyl sites for hydroxylation is 1. The van der Waals surface area contributed by atoms with E-state index in [1.165, 1.54) is 0 Å². The Morgan fingerprint density at radius 3 is 2.33 bits per heavy atom. The lowest BCUT2D eigenvalue weighted by Gasteiger charge is -2.04. The molecule has 0 unspecified atom stereocenters. The van der Waals surface area contributed by atoms with Crippen LogP contribution in [-0.2, 0) is 16.4 Å². The molecule has 0 aromatic heterocycles. The minimum absolute atomic E-state index is 0.170. The second-order valence-corrected chi connectivity index (χ2v) is 5.15. The van der Waals surface area contributed by atoms with Gasteiger partial charge in [0.05, 0.1) is 6.26 Å². The zero-order chi connectivity index (χ0) is 11.3. The lowest BCUT2D eigenvalue weighted by molar-refractivity contribution is 0.288. The van der Waals surface area contributed by atoms with Crippen LogP contribution in [0, 0.1) is 0 Å². The number of hydrogen-bond donors (Lipinski definition) is 2. The summed E-state index contributed by atoms with van der Waals surface area (Å²) >= 11 is 0. The summed E-state index contributed by atoms with van der Waals surface area (Å²) in [5.41, 5.74) is 1.65. The summed E-state index contributed by atoms with van der Waals surface area (Å²) in [6.45, 7) is 0.170. The predicted molar refractivity (Wildman–Crippen MR) is 60.3 cm³/mol. The second kappa shape index (κ2) is 5.14. The Morgan fingerprint density at radius 1 is 1.27 bits per heavy atom. The summed E-state index contributed by atoms with van der Waals surface area (Å²) in [5, 5.41) is 8.64. The minimum Gasteiger partial charge on any atom is -0.396 e. The van der Waals surface area contributed by atoms with Crippen LogP contribution < -0.4 is 4.72 Å². The van der Waals surface area contributed by atoms with Crippen molar-refractivity contribution in [1.29, 1.82) is 0 Å². The molecule has 0 heterocycles. The molecule has 0 bridgehead atoms. The topological polar surface area (TPSA) is 66.4 Å².